The monoisotopic (exact) mass is 369 g/mol. The Morgan fingerprint density at radius 3 is 2.52 bits per heavy atom. The van der Waals surface area contributed by atoms with E-state index in [1.807, 2.05) is 6.07 Å². The number of amides is 1. The zero-order chi connectivity index (χ0) is 19.4. The van der Waals surface area contributed by atoms with Gasteiger partial charge in [-0.05, 0) is 47.9 Å². The minimum absolute atomic E-state index is 0.178. The Morgan fingerprint density at radius 1 is 1.15 bits per heavy atom. The van der Waals surface area contributed by atoms with Gasteiger partial charge in [0.1, 0.15) is 22.9 Å². The molecule has 0 saturated carbocycles. The molecule has 0 spiro atoms. The smallest absolute Gasteiger partial charge is 0.256 e. The van der Waals surface area contributed by atoms with Crippen molar-refractivity contribution in [3.63, 3.8) is 0 Å². The van der Waals surface area contributed by atoms with E-state index in [1.54, 1.807) is 31.2 Å². The highest BCUT2D eigenvalue weighted by atomic mass is 19.1. The van der Waals surface area contributed by atoms with Gasteiger partial charge in [0.25, 0.3) is 5.91 Å². The summed E-state index contributed by atoms with van der Waals surface area (Å²) in [6.07, 6.45) is 0. The van der Waals surface area contributed by atoms with E-state index in [0.29, 0.717) is 18.9 Å². The molecular weight excluding hydrogens is 349 g/mol. The molecule has 0 aliphatic heterocycles. The van der Waals surface area contributed by atoms with Crippen molar-refractivity contribution in [2.75, 3.05) is 10.6 Å². The van der Waals surface area contributed by atoms with Crippen molar-refractivity contribution < 1.29 is 14.3 Å². The van der Waals surface area contributed by atoms with Crippen LogP contribution in [0.5, 0.6) is 5.75 Å². The third-order valence-corrected chi connectivity index (χ3v) is 3.98. The number of anilines is 2. The lowest BCUT2D eigenvalue weighted by atomic mass is 10.1. The van der Waals surface area contributed by atoms with Gasteiger partial charge in [-0.3, -0.25) is 9.89 Å². The summed E-state index contributed by atoms with van der Waals surface area (Å²) >= 11 is 0. The van der Waals surface area contributed by atoms with Crippen molar-refractivity contribution in [1.82, 2.24) is 10.2 Å². The fourth-order valence-electron chi connectivity index (χ4n) is 2.74. The van der Waals surface area contributed by atoms with Crippen LogP contribution in [0, 0.1) is 12.7 Å². The van der Waals surface area contributed by atoms with Gasteiger partial charge in [0, 0.05) is 13.1 Å². The van der Waals surface area contributed by atoms with Crippen LogP contribution in [0.2, 0.25) is 0 Å². The predicted octanol–water partition coefficient (Wildman–Crippen LogP) is 2.89. The minimum Gasteiger partial charge on any atom is -0.508 e. The summed E-state index contributed by atoms with van der Waals surface area (Å²) in [6.45, 7) is 2.51. The Morgan fingerprint density at radius 2 is 1.85 bits per heavy atom. The van der Waals surface area contributed by atoms with E-state index >= 15 is 0 Å². The largest absolute Gasteiger partial charge is 0.508 e. The van der Waals surface area contributed by atoms with E-state index in [0.717, 1.165) is 16.7 Å². The van der Waals surface area contributed by atoms with E-state index in [2.05, 4.69) is 20.8 Å². The van der Waals surface area contributed by atoms with Crippen LogP contribution in [-0.4, -0.2) is 21.2 Å². The summed E-state index contributed by atoms with van der Waals surface area (Å²) in [4.78, 5) is 11.9. The number of carbonyl (C=O) groups excluding carboxylic acids is 1. The quantitative estimate of drug-likeness (QED) is 0.439. The maximum Gasteiger partial charge on any atom is 0.256 e. The number of primary amides is 1. The highest BCUT2D eigenvalue weighted by Gasteiger charge is 2.18. The second kappa shape index (κ2) is 7.77. The first-order valence-electron chi connectivity index (χ1n) is 8.32. The molecular formula is C19H20FN5O2. The number of nitrogens with one attached hydrogen (secondary N) is 3. The van der Waals surface area contributed by atoms with Crippen molar-refractivity contribution in [3.8, 4) is 5.75 Å². The first-order chi connectivity index (χ1) is 12.9. The maximum absolute atomic E-state index is 13.5. The molecule has 0 bridgehead atoms. The summed E-state index contributed by atoms with van der Waals surface area (Å²) in [5.41, 5.74) is 8.13. The van der Waals surface area contributed by atoms with E-state index in [4.69, 9.17) is 5.73 Å². The highest BCUT2D eigenvalue weighted by molar-refractivity contribution is 6.02. The average molecular weight is 369 g/mol. The molecule has 1 heterocycles. The number of H-pyrrole nitrogens is 1. The van der Waals surface area contributed by atoms with Crippen LogP contribution in [0.3, 0.4) is 0 Å². The molecule has 27 heavy (non-hydrogen) atoms. The van der Waals surface area contributed by atoms with Crippen LogP contribution in [0.4, 0.5) is 16.0 Å². The number of hydrogen-bond donors (Lipinski definition) is 5. The van der Waals surface area contributed by atoms with E-state index < -0.39 is 5.91 Å². The number of phenols is 1. The second-order valence-electron chi connectivity index (χ2n) is 6.20. The van der Waals surface area contributed by atoms with Gasteiger partial charge in [-0.1, -0.05) is 18.2 Å². The summed E-state index contributed by atoms with van der Waals surface area (Å²) in [7, 11) is 0. The molecule has 1 aromatic heterocycles. The van der Waals surface area contributed by atoms with Gasteiger partial charge in [-0.25, -0.2) is 4.39 Å². The highest BCUT2D eigenvalue weighted by Crippen LogP contribution is 2.22. The Hall–Kier alpha value is -3.55. The molecule has 3 aromatic rings. The topological polar surface area (TPSA) is 116 Å². The molecule has 7 nitrogen and oxygen atoms in total. The summed E-state index contributed by atoms with van der Waals surface area (Å²) in [5.74, 6) is -0.113. The van der Waals surface area contributed by atoms with Crippen molar-refractivity contribution in [2.24, 2.45) is 5.73 Å². The van der Waals surface area contributed by atoms with Gasteiger partial charge in [0.2, 0.25) is 0 Å². The third-order valence-electron chi connectivity index (χ3n) is 3.98. The zero-order valence-electron chi connectivity index (χ0n) is 14.7. The molecule has 6 N–H and O–H groups in total. The molecule has 2 aromatic carbocycles. The number of aromatic nitrogens is 2. The number of nitrogens with two attached hydrogens (primary N) is 1. The fraction of sp³-hybridized carbons (Fsp3) is 0.158. The number of halogens is 1. The molecule has 0 atom stereocenters. The lowest BCUT2D eigenvalue weighted by Crippen LogP contribution is -2.16. The Balaban J connectivity index is 1.72. The SMILES string of the molecule is Cc1cc(F)cc(CNc2n[nH]c(NCc3ccc(O)cc3)c2C(N)=O)c1. The lowest BCUT2D eigenvalue weighted by Gasteiger charge is -2.08. The normalized spacial score (nSPS) is 10.6. The number of nitrogens with zero attached hydrogens (tertiary/aromatic N) is 1. The molecule has 140 valence electrons. The molecule has 0 unspecified atom stereocenters. The van der Waals surface area contributed by atoms with Gasteiger partial charge in [0.15, 0.2) is 5.82 Å². The molecule has 1 amide bonds. The van der Waals surface area contributed by atoms with Crippen molar-refractivity contribution in [1.29, 1.82) is 0 Å². The van der Waals surface area contributed by atoms with E-state index in [1.165, 1.54) is 12.1 Å². The van der Waals surface area contributed by atoms with Gasteiger partial charge >= 0.3 is 0 Å². The molecule has 0 saturated heterocycles. The minimum atomic E-state index is -0.644. The molecule has 8 heteroatoms. The number of rotatable bonds is 7. The van der Waals surface area contributed by atoms with Crippen LogP contribution in [0.15, 0.2) is 42.5 Å². The maximum atomic E-state index is 13.5. The molecule has 0 aliphatic carbocycles. The van der Waals surface area contributed by atoms with E-state index in [9.17, 15) is 14.3 Å². The Kier molecular flexibility index (Phi) is 5.25. The van der Waals surface area contributed by atoms with Gasteiger partial charge in [-0.2, -0.15) is 5.10 Å². The van der Waals surface area contributed by atoms with E-state index in [-0.39, 0.29) is 22.9 Å². The lowest BCUT2D eigenvalue weighted by molar-refractivity contribution is 0.100. The summed E-state index contributed by atoms with van der Waals surface area (Å²) in [6, 6.07) is 11.4. The Bertz CT molecular complexity index is 933. The van der Waals surface area contributed by atoms with Gasteiger partial charge in [0.05, 0.1) is 0 Å². The average Bonchev–Trinajstić information content (AvgIpc) is 3.02. The van der Waals surface area contributed by atoms with Crippen molar-refractivity contribution in [2.45, 2.75) is 20.0 Å². The Labute approximate surface area is 155 Å². The first kappa shape index (κ1) is 18.2. The number of aromatic amines is 1. The number of aryl methyl sites for hydroxylation is 1. The number of aromatic hydroxyl groups is 1. The van der Waals surface area contributed by atoms with Gasteiger partial charge < -0.3 is 21.5 Å². The zero-order valence-corrected chi connectivity index (χ0v) is 14.7. The second-order valence-corrected chi connectivity index (χ2v) is 6.20. The van der Waals surface area contributed by atoms with Gasteiger partial charge in [-0.15, -0.1) is 0 Å². The summed E-state index contributed by atoms with van der Waals surface area (Å²) < 4.78 is 13.5. The van der Waals surface area contributed by atoms with Crippen LogP contribution in [-0.2, 0) is 13.1 Å². The number of benzene rings is 2. The fourth-order valence-corrected chi connectivity index (χ4v) is 2.74. The molecule has 0 radical (unpaired) electrons. The van der Waals surface area contributed by atoms with Crippen LogP contribution in [0.25, 0.3) is 0 Å². The number of hydrogen-bond acceptors (Lipinski definition) is 5. The first-order valence-corrected chi connectivity index (χ1v) is 8.32. The third kappa shape index (κ3) is 4.55. The predicted molar refractivity (Wildman–Crippen MR) is 101 cm³/mol. The van der Waals surface area contributed by atoms with Crippen LogP contribution in [0.1, 0.15) is 27.0 Å². The molecule has 0 aliphatic rings. The van der Waals surface area contributed by atoms with Crippen LogP contribution >= 0.6 is 0 Å². The van der Waals surface area contributed by atoms with Crippen LogP contribution < -0.4 is 16.4 Å². The number of phenolic OH excluding ortho intramolecular Hbond substituents is 1. The standard InChI is InChI=1S/C19H20FN5O2/c1-11-6-13(8-14(20)7-11)10-23-19-16(17(21)27)18(24-25-19)22-9-12-2-4-15(26)5-3-12/h2-8,26H,9-10H2,1H3,(H2,21,27)(H3,22,23,24,25). The summed E-state index contributed by atoms with van der Waals surface area (Å²) in [5, 5.41) is 22.2. The number of carbonyl (C=O) groups is 1. The van der Waals surface area contributed by atoms with Crippen molar-refractivity contribution >= 4 is 17.5 Å². The molecule has 0 fully saturated rings. The molecule has 3 rings (SSSR count). The van der Waals surface area contributed by atoms with Crippen molar-refractivity contribution in [3.05, 3.63) is 70.5 Å².